The third kappa shape index (κ3) is 3.69. The molecule has 0 fully saturated rings. The lowest BCUT2D eigenvalue weighted by Crippen LogP contribution is -2.28. The minimum atomic E-state index is 0.177. The summed E-state index contributed by atoms with van der Waals surface area (Å²) in [5, 5.41) is 14.2. The summed E-state index contributed by atoms with van der Waals surface area (Å²) < 4.78 is 1.85. The van der Waals surface area contributed by atoms with Crippen molar-refractivity contribution in [3.63, 3.8) is 0 Å². The highest BCUT2D eigenvalue weighted by Crippen LogP contribution is 2.22. The van der Waals surface area contributed by atoms with E-state index in [0.717, 1.165) is 42.3 Å². The van der Waals surface area contributed by atoms with Crippen molar-refractivity contribution < 1.29 is 5.11 Å². The van der Waals surface area contributed by atoms with E-state index in [2.05, 4.69) is 23.8 Å². The molecule has 4 nitrogen and oxygen atoms in total. The molecule has 1 rings (SSSR count). The first-order valence-electron chi connectivity index (χ1n) is 6.17. The van der Waals surface area contributed by atoms with Crippen molar-refractivity contribution in [1.82, 2.24) is 14.7 Å². The summed E-state index contributed by atoms with van der Waals surface area (Å²) in [4.78, 5) is 2.20. The summed E-state index contributed by atoms with van der Waals surface area (Å²) in [6, 6.07) is 0. The van der Waals surface area contributed by atoms with E-state index in [9.17, 15) is 0 Å². The Hall–Kier alpha value is -0.580. The van der Waals surface area contributed by atoms with Crippen molar-refractivity contribution in [2.24, 2.45) is 7.05 Å². The molecule has 0 aliphatic carbocycles. The van der Waals surface area contributed by atoms with E-state index < -0.39 is 0 Å². The molecule has 0 spiro atoms. The fourth-order valence-electron chi connectivity index (χ4n) is 1.93. The summed E-state index contributed by atoms with van der Waals surface area (Å²) in [6.07, 6.45) is 1.91. The predicted octanol–water partition coefficient (Wildman–Crippen LogP) is 1.84. The van der Waals surface area contributed by atoms with E-state index in [4.69, 9.17) is 16.7 Å². The summed E-state index contributed by atoms with van der Waals surface area (Å²) in [6.45, 7) is 6.75. The Morgan fingerprint density at radius 3 is 2.53 bits per heavy atom. The molecule has 0 bridgehead atoms. The van der Waals surface area contributed by atoms with Gasteiger partial charge in [-0.05, 0) is 19.4 Å². The predicted molar refractivity (Wildman–Crippen MR) is 70.2 cm³/mol. The van der Waals surface area contributed by atoms with E-state index in [1.165, 1.54) is 0 Å². The van der Waals surface area contributed by atoms with Crippen LogP contribution in [-0.2, 0) is 20.0 Å². The zero-order valence-electron chi connectivity index (χ0n) is 10.9. The second kappa shape index (κ2) is 6.99. The van der Waals surface area contributed by atoms with E-state index in [0.29, 0.717) is 6.54 Å². The van der Waals surface area contributed by atoms with Gasteiger partial charge in [-0.1, -0.05) is 25.4 Å². The van der Waals surface area contributed by atoms with Crippen molar-refractivity contribution in [2.45, 2.75) is 33.2 Å². The second-order valence-corrected chi connectivity index (χ2v) is 4.56. The van der Waals surface area contributed by atoms with Crippen molar-refractivity contribution >= 4 is 11.6 Å². The molecule has 0 aliphatic heterocycles. The Bertz CT molecular complexity index is 346. The third-order valence-corrected chi connectivity index (χ3v) is 3.27. The fraction of sp³-hybridized carbons (Fsp3) is 0.750. The number of aromatic nitrogens is 2. The molecule has 0 unspecified atom stereocenters. The van der Waals surface area contributed by atoms with Gasteiger partial charge < -0.3 is 5.11 Å². The first-order valence-corrected chi connectivity index (χ1v) is 6.55. The van der Waals surface area contributed by atoms with Crippen molar-refractivity contribution in [2.75, 3.05) is 19.7 Å². The molecule has 0 aliphatic rings. The van der Waals surface area contributed by atoms with Gasteiger partial charge in [0, 0.05) is 20.1 Å². The number of hydrogen-bond acceptors (Lipinski definition) is 3. The van der Waals surface area contributed by atoms with Crippen LogP contribution in [0.4, 0.5) is 0 Å². The van der Waals surface area contributed by atoms with Gasteiger partial charge in [0.25, 0.3) is 0 Å². The Morgan fingerprint density at radius 2 is 2.06 bits per heavy atom. The van der Waals surface area contributed by atoms with Crippen molar-refractivity contribution in [3.8, 4) is 0 Å². The number of aliphatic hydroxyl groups is 1. The van der Waals surface area contributed by atoms with Gasteiger partial charge in [0.2, 0.25) is 0 Å². The average molecular weight is 260 g/mol. The second-order valence-electron chi connectivity index (χ2n) is 4.18. The molecule has 5 heteroatoms. The van der Waals surface area contributed by atoms with Crippen LogP contribution in [0.2, 0.25) is 5.02 Å². The van der Waals surface area contributed by atoms with Gasteiger partial charge in [0.15, 0.2) is 0 Å². The van der Waals surface area contributed by atoms with Crippen LogP contribution in [0.25, 0.3) is 0 Å². The molecule has 0 saturated heterocycles. The molecule has 1 N–H and O–H groups in total. The average Bonchev–Trinajstić information content (AvgIpc) is 2.57. The minimum Gasteiger partial charge on any atom is -0.395 e. The topological polar surface area (TPSA) is 41.3 Å². The highest BCUT2D eigenvalue weighted by molar-refractivity contribution is 6.31. The number of nitrogens with zero attached hydrogens (tertiary/aromatic N) is 3. The lowest BCUT2D eigenvalue weighted by molar-refractivity contribution is 0.187. The molecule has 0 atom stereocenters. The first-order chi connectivity index (χ1) is 8.13. The maximum Gasteiger partial charge on any atom is 0.0863 e. The highest BCUT2D eigenvalue weighted by atomic mass is 35.5. The Labute approximate surface area is 108 Å². The SMILES string of the molecule is CCCN(CCO)Cc1c(Cl)c(CC)nn1C. The van der Waals surface area contributed by atoms with Crippen LogP contribution in [-0.4, -0.2) is 39.5 Å². The van der Waals surface area contributed by atoms with Gasteiger partial charge in [0.1, 0.15) is 0 Å². The van der Waals surface area contributed by atoms with Crippen LogP contribution in [0, 0.1) is 0 Å². The van der Waals surface area contributed by atoms with Crippen LogP contribution < -0.4 is 0 Å². The van der Waals surface area contributed by atoms with Gasteiger partial charge in [-0.3, -0.25) is 9.58 Å². The van der Waals surface area contributed by atoms with E-state index >= 15 is 0 Å². The van der Waals surface area contributed by atoms with Gasteiger partial charge >= 0.3 is 0 Å². The summed E-state index contributed by atoms with van der Waals surface area (Å²) in [5.41, 5.74) is 1.98. The maximum absolute atomic E-state index is 9.03. The summed E-state index contributed by atoms with van der Waals surface area (Å²) in [5.74, 6) is 0. The Morgan fingerprint density at radius 1 is 1.35 bits per heavy atom. The zero-order chi connectivity index (χ0) is 12.8. The molecular weight excluding hydrogens is 238 g/mol. The normalized spacial score (nSPS) is 11.4. The molecule has 17 heavy (non-hydrogen) atoms. The third-order valence-electron chi connectivity index (χ3n) is 2.83. The van der Waals surface area contributed by atoms with E-state index in [1.807, 2.05) is 11.7 Å². The highest BCUT2D eigenvalue weighted by Gasteiger charge is 2.15. The molecular formula is C12H22ClN3O. The molecule has 0 saturated carbocycles. The largest absolute Gasteiger partial charge is 0.395 e. The van der Waals surface area contributed by atoms with E-state index in [-0.39, 0.29) is 6.61 Å². The molecule has 0 radical (unpaired) electrons. The smallest absolute Gasteiger partial charge is 0.0863 e. The van der Waals surface area contributed by atoms with Gasteiger partial charge in [-0.2, -0.15) is 5.10 Å². The molecule has 1 heterocycles. The summed E-state index contributed by atoms with van der Waals surface area (Å²) >= 11 is 6.30. The van der Waals surface area contributed by atoms with Crippen LogP contribution in [0.1, 0.15) is 31.7 Å². The fourth-order valence-corrected chi connectivity index (χ4v) is 2.28. The number of halogens is 1. The van der Waals surface area contributed by atoms with E-state index in [1.54, 1.807) is 0 Å². The quantitative estimate of drug-likeness (QED) is 0.813. The standard InChI is InChI=1S/C12H22ClN3O/c1-4-6-16(7-8-17)9-11-12(13)10(5-2)14-15(11)3/h17H,4-9H2,1-3H3. The number of aliphatic hydroxyl groups excluding tert-OH is 1. The number of hydrogen-bond donors (Lipinski definition) is 1. The van der Waals surface area contributed by atoms with Crippen molar-refractivity contribution in [1.29, 1.82) is 0 Å². The van der Waals surface area contributed by atoms with Crippen LogP contribution >= 0.6 is 11.6 Å². The van der Waals surface area contributed by atoms with Crippen LogP contribution in [0.3, 0.4) is 0 Å². The van der Waals surface area contributed by atoms with Gasteiger partial charge in [0.05, 0.1) is 23.0 Å². The number of aryl methyl sites for hydroxylation is 2. The molecule has 1 aromatic heterocycles. The Kier molecular flexibility index (Phi) is 5.95. The summed E-state index contributed by atoms with van der Waals surface area (Å²) in [7, 11) is 1.92. The van der Waals surface area contributed by atoms with Gasteiger partial charge in [-0.15, -0.1) is 0 Å². The molecule has 0 amide bonds. The minimum absolute atomic E-state index is 0.177. The zero-order valence-corrected chi connectivity index (χ0v) is 11.7. The lowest BCUT2D eigenvalue weighted by Gasteiger charge is -2.20. The van der Waals surface area contributed by atoms with Crippen LogP contribution in [0.5, 0.6) is 0 Å². The first kappa shape index (κ1) is 14.5. The molecule has 98 valence electrons. The maximum atomic E-state index is 9.03. The van der Waals surface area contributed by atoms with Crippen molar-refractivity contribution in [3.05, 3.63) is 16.4 Å². The Balaban J connectivity index is 2.80. The van der Waals surface area contributed by atoms with Gasteiger partial charge in [-0.25, -0.2) is 0 Å². The molecule has 0 aromatic carbocycles. The lowest BCUT2D eigenvalue weighted by atomic mass is 10.2. The van der Waals surface area contributed by atoms with Crippen LogP contribution in [0.15, 0.2) is 0 Å². The number of rotatable bonds is 7. The monoisotopic (exact) mass is 259 g/mol. The molecule has 1 aromatic rings.